The second kappa shape index (κ2) is 7.49. The van der Waals surface area contributed by atoms with Crippen molar-refractivity contribution < 1.29 is 14.3 Å². The number of benzene rings is 2. The van der Waals surface area contributed by atoms with Gasteiger partial charge in [0, 0.05) is 13.1 Å². The van der Waals surface area contributed by atoms with E-state index in [1.165, 1.54) is 0 Å². The van der Waals surface area contributed by atoms with Gasteiger partial charge in [-0.25, -0.2) is 0 Å². The second-order valence-electron chi connectivity index (χ2n) is 6.24. The summed E-state index contributed by atoms with van der Waals surface area (Å²) in [4.78, 5) is 14.8. The molecule has 0 aromatic heterocycles. The fourth-order valence-corrected chi connectivity index (χ4v) is 3.02. The van der Waals surface area contributed by atoms with Crippen molar-refractivity contribution in [3.05, 3.63) is 65.7 Å². The molecule has 1 heterocycles. The predicted octanol–water partition coefficient (Wildman–Crippen LogP) is 3.52. The minimum absolute atomic E-state index is 0.000613. The van der Waals surface area contributed by atoms with E-state index in [0.29, 0.717) is 31.0 Å². The van der Waals surface area contributed by atoms with Crippen molar-refractivity contribution in [2.75, 3.05) is 13.1 Å². The van der Waals surface area contributed by atoms with E-state index in [-0.39, 0.29) is 18.1 Å². The Balaban J connectivity index is 1.74. The van der Waals surface area contributed by atoms with E-state index in [9.17, 15) is 4.79 Å². The fraction of sp³-hybridized carbons (Fsp3) is 0.350. The normalized spacial score (nSPS) is 20.7. The van der Waals surface area contributed by atoms with Crippen LogP contribution >= 0.6 is 0 Å². The lowest BCUT2D eigenvalue weighted by Gasteiger charge is -2.35. The van der Waals surface area contributed by atoms with Crippen LogP contribution in [0.2, 0.25) is 0 Å². The van der Waals surface area contributed by atoms with Gasteiger partial charge in [0.1, 0.15) is 12.4 Å². The summed E-state index contributed by atoms with van der Waals surface area (Å²) >= 11 is 0. The zero-order chi connectivity index (χ0) is 16.9. The third kappa shape index (κ3) is 3.95. The number of rotatable bonds is 4. The van der Waals surface area contributed by atoms with Gasteiger partial charge in [-0.05, 0) is 31.5 Å². The maximum absolute atomic E-state index is 12.9. The number of para-hydroxylation sites is 1. The minimum Gasteiger partial charge on any atom is -0.488 e. The lowest BCUT2D eigenvalue weighted by molar-refractivity contribution is -0.0586. The monoisotopic (exact) mass is 325 g/mol. The topological polar surface area (TPSA) is 38.8 Å². The number of hydrogen-bond acceptors (Lipinski definition) is 3. The summed E-state index contributed by atoms with van der Waals surface area (Å²) in [5, 5.41) is 0. The maximum Gasteiger partial charge on any atom is 0.257 e. The van der Waals surface area contributed by atoms with E-state index in [0.717, 1.165) is 5.56 Å². The molecule has 0 unspecified atom stereocenters. The number of carbonyl (C=O) groups excluding carboxylic acids is 1. The molecule has 3 rings (SSSR count). The van der Waals surface area contributed by atoms with Crippen molar-refractivity contribution in [1.82, 2.24) is 4.90 Å². The molecule has 1 amide bonds. The van der Waals surface area contributed by atoms with Crippen molar-refractivity contribution in [2.24, 2.45) is 0 Å². The van der Waals surface area contributed by atoms with Gasteiger partial charge in [0.05, 0.1) is 17.8 Å². The number of amides is 1. The van der Waals surface area contributed by atoms with Gasteiger partial charge in [0.25, 0.3) is 5.91 Å². The molecular weight excluding hydrogens is 302 g/mol. The van der Waals surface area contributed by atoms with E-state index in [1.807, 2.05) is 73.3 Å². The first-order valence-corrected chi connectivity index (χ1v) is 8.34. The third-order valence-electron chi connectivity index (χ3n) is 4.06. The van der Waals surface area contributed by atoms with Crippen molar-refractivity contribution in [3.8, 4) is 5.75 Å². The van der Waals surface area contributed by atoms with Gasteiger partial charge in [-0.3, -0.25) is 4.79 Å². The Hall–Kier alpha value is -2.33. The van der Waals surface area contributed by atoms with E-state index in [2.05, 4.69) is 0 Å². The molecule has 0 aliphatic carbocycles. The van der Waals surface area contributed by atoms with Gasteiger partial charge in [-0.15, -0.1) is 0 Å². The highest BCUT2D eigenvalue weighted by Crippen LogP contribution is 2.23. The Morgan fingerprint density at radius 2 is 1.67 bits per heavy atom. The molecule has 0 N–H and O–H groups in total. The number of carbonyl (C=O) groups is 1. The van der Waals surface area contributed by atoms with Crippen molar-refractivity contribution >= 4 is 5.91 Å². The predicted molar refractivity (Wildman–Crippen MR) is 93.1 cm³/mol. The molecule has 2 atom stereocenters. The van der Waals surface area contributed by atoms with Gasteiger partial charge in [-0.1, -0.05) is 42.5 Å². The lowest BCUT2D eigenvalue weighted by Crippen LogP contribution is -2.48. The van der Waals surface area contributed by atoms with E-state index >= 15 is 0 Å². The van der Waals surface area contributed by atoms with Crippen LogP contribution in [0.4, 0.5) is 0 Å². The summed E-state index contributed by atoms with van der Waals surface area (Å²) in [6, 6.07) is 17.4. The van der Waals surface area contributed by atoms with Gasteiger partial charge in [0.15, 0.2) is 0 Å². The Morgan fingerprint density at radius 3 is 2.38 bits per heavy atom. The molecule has 0 bridgehead atoms. The third-order valence-corrected chi connectivity index (χ3v) is 4.06. The summed E-state index contributed by atoms with van der Waals surface area (Å²) in [6.07, 6.45) is 0.102. The van der Waals surface area contributed by atoms with Crippen molar-refractivity contribution in [3.63, 3.8) is 0 Å². The quantitative estimate of drug-likeness (QED) is 0.863. The molecule has 4 heteroatoms. The highest BCUT2D eigenvalue weighted by atomic mass is 16.5. The average molecular weight is 325 g/mol. The van der Waals surface area contributed by atoms with Crippen LogP contribution in [-0.2, 0) is 11.3 Å². The molecule has 1 aliphatic heterocycles. The van der Waals surface area contributed by atoms with Crippen LogP contribution in [0.25, 0.3) is 0 Å². The van der Waals surface area contributed by atoms with Crippen molar-refractivity contribution in [2.45, 2.75) is 32.7 Å². The minimum atomic E-state index is 0.000613. The smallest absolute Gasteiger partial charge is 0.257 e. The van der Waals surface area contributed by atoms with E-state index in [1.54, 1.807) is 0 Å². The number of hydrogen-bond donors (Lipinski definition) is 0. The van der Waals surface area contributed by atoms with Crippen LogP contribution < -0.4 is 4.74 Å². The van der Waals surface area contributed by atoms with Gasteiger partial charge in [0.2, 0.25) is 0 Å². The number of ether oxygens (including phenoxy) is 2. The van der Waals surface area contributed by atoms with Gasteiger partial charge < -0.3 is 14.4 Å². The van der Waals surface area contributed by atoms with Crippen LogP contribution in [0.15, 0.2) is 54.6 Å². The molecule has 1 fully saturated rings. The SMILES string of the molecule is C[C@@H]1CN(C(=O)c2ccccc2OCc2ccccc2)C[C@@H](C)O1. The van der Waals surface area contributed by atoms with Crippen LogP contribution in [0.5, 0.6) is 5.75 Å². The van der Waals surface area contributed by atoms with Crippen LogP contribution in [0.1, 0.15) is 29.8 Å². The summed E-state index contributed by atoms with van der Waals surface area (Å²) in [7, 11) is 0. The first-order chi connectivity index (χ1) is 11.6. The molecule has 24 heavy (non-hydrogen) atoms. The van der Waals surface area contributed by atoms with Gasteiger partial charge >= 0.3 is 0 Å². The fourth-order valence-electron chi connectivity index (χ4n) is 3.02. The Kier molecular flexibility index (Phi) is 5.16. The largest absolute Gasteiger partial charge is 0.488 e. The van der Waals surface area contributed by atoms with Crippen LogP contribution in [0.3, 0.4) is 0 Å². The molecule has 1 saturated heterocycles. The Labute approximate surface area is 143 Å². The Morgan fingerprint density at radius 1 is 1.04 bits per heavy atom. The summed E-state index contributed by atoms with van der Waals surface area (Å²) < 4.78 is 11.6. The lowest BCUT2D eigenvalue weighted by atomic mass is 10.1. The molecule has 126 valence electrons. The number of nitrogens with zero attached hydrogens (tertiary/aromatic N) is 1. The second-order valence-corrected chi connectivity index (χ2v) is 6.24. The molecule has 0 saturated carbocycles. The standard InChI is InChI=1S/C20H23NO3/c1-15-12-21(13-16(2)24-15)20(22)18-10-6-7-11-19(18)23-14-17-8-4-3-5-9-17/h3-11,15-16H,12-14H2,1-2H3/t15-,16-/m1/s1. The first-order valence-electron chi connectivity index (χ1n) is 8.34. The zero-order valence-corrected chi connectivity index (χ0v) is 14.1. The van der Waals surface area contributed by atoms with E-state index < -0.39 is 0 Å². The maximum atomic E-state index is 12.9. The van der Waals surface area contributed by atoms with E-state index in [4.69, 9.17) is 9.47 Å². The molecule has 4 nitrogen and oxygen atoms in total. The highest BCUT2D eigenvalue weighted by molar-refractivity contribution is 5.97. The number of morpholine rings is 1. The molecule has 2 aromatic carbocycles. The molecule has 0 radical (unpaired) electrons. The summed E-state index contributed by atoms with van der Waals surface area (Å²) in [5.41, 5.74) is 1.68. The summed E-state index contributed by atoms with van der Waals surface area (Å²) in [6.45, 7) is 5.65. The molecule has 2 aromatic rings. The first kappa shape index (κ1) is 16.5. The molecular formula is C20H23NO3. The molecule has 0 spiro atoms. The van der Waals surface area contributed by atoms with Crippen LogP contribution in [-0.4, -0.2) is 36.1 Å². The van der Waals surface area contributed by atoms with Crippen molar-refractivity contribution in [1.29, 1.82) is 0 Å². The Bertz CT molecular complexity index is 676. The van der Waals surface area contributed by atoms with Gasteiger partial charge in [-0.2, -0.15) is 0 Å². The molecule has 1 aliphatic rings. The zero-order valence-electron chi connectivity index (χ0n) is 14.1. The van der Waals surface area contributed by atoms with Crippen LogP contribution in [0, 0.1) is 0 Å². The average Bonchev–Trinajstić information content (AvgIpc) is 2.59. The summed E-state index contributed by atoms with van der Waals surface area (Å²) in [5.74, 6) is 0.624. The highest BCUT2D eigenvalue weighted by Gasteiger charge is 2.28.